The van der Waals surface area contributed by atoms with Crippen LogP contribution in [-0.2, 0) is 11.0 Å². The molecule has 0 bridgehead atoms. The van der Waals surface area contributed by atoms with Gasteiger partial charge in [-0.3, -0.25) is 0 Å². The average molecular weight is 321 g/mol. The summed E-state index contributed by atoms with van der Waals surface area (Å²) in [4.78, 5) is 0. The van der Waals surface area contributed by atoms with Gasteiger partial charge in [0.2, 0.25) is 0 Å². The van der Waals surface area contributed by atoms with E-state index in [-0.39, 0.29) is 6.61 Å². The molecule has 0 amide bonds. The van der Waals surface area contributed by atoms with Gasteiger partial charge in [0.05, 0.1) is 6.61 Å². The van der Waals surface area contributed by atoms with Crippen LogP contribution in [0.4, 0.5) is 0 Å². The number of aliphatic hydroxyl groups is 1. The van der Waals surface area contributed by atoms with Crippen LogP contribution >= 0.6 is 0 Å². The first-order valence-electron chi connectivity index (χ1n) is 8.16. The predicted octanol–water partition coefficient (Wildman–Crippen LogP) is 4.25. The fourth-order valence-electron chi connectivity index (χ4n) is 2.27. The van der Waals surface area contributed by atoms with Gasteiger partial charge in [-0.1, -0.05) is 32.4 Å². The monoisotopic (exact) mass is 320 g/mol. The Kier molecular flexibility index (Phi) is 8.91. The minimum atomic E-state index is -2.18. The second kappa shape index (κ2) is 10.4. The summed E-state index contributed by atoms with van der Waals surface area (Å²) in [7, 11) is -2.18. The number of hydrogen-bond acceptors (Lipinski definition) is 3. The van der Waals surface area contributed by atoms with Crippen molar-refractivity contribution < 1.29 is 14.0 Å². The normalized spacial score (nSPS) is 11.2. The highest BCUT2D eigenvalue weighted by atomic mass is 28.4. The van der Waals surface area contributed by atoms with E-state index >= 15 is 0 Å². The third-order valence-electron chi connectivity index (χ3n) is 3.82. The van der Waals surface area contributed by atoms with Crippen molar-refractivity contribution in [1.29, 1.82) is 0 Å². The summed E-state index contributed by atoms with van der Waals surface area (Å²) in [6, 6.07) is 9.45. The van der Waals surface area contributed by atoms with Crippen molar-refractivity contribution in [3.05, 3.63) is 29.8 Å². The third-order valence-corrected chi connectivity index (χ3v) is 7.31. The summed E-state index contributed by atoms with van der Waals surface area (Å²) in [6.45, 7) is 5.07. The van der Waals surface area contributed by atoms with E-state index in [1.165, 1.54) is 0 Å². The van der Waals surface area contributed by atoms with E-state index in [0.717, 1.165) is 55.7 Å². The SMILES string of the molecule is C#CCCCCCO[Si](CC)(CC)Oc1ccc(CO)cc1. The maximum absolute atomic E-state index is 9.09. The first-order chi connectivity index (χ1) is 10.7. The van der Waals surface area contributed by atoms with Crippen LogP contribution in [0.5, 0.6) is 5.75 Å². The average Bonchev–Trinajstić information content (AvgIpc) is 2.57. The van der Waals surface area contributed by atoms with E-state index in [9.17, 15) is 0 Å². The summed E-state index contributed by atoms with van der Waals surface area (Å²) < 4.78 is 12.4. The zero-order valence-electron chi connectivity index (χ0n) is 13.8. The fraction of sp³-hybridized carbons (Fsp3) is 0.556. The molecule has 1 aromatic rings. The largest absolute Gasteiger partial charge is 0.520 e. The van der Waals surface area contributed by atoms with Gasteiger partial charge >= 0.3 is 8.56 Å². The quantitative estimate of drug-likeness (QED) is 0.376. The summed E-state index contributed by atoms with van der Waals surface area (Å²) in [6.07, 6.45) is 9.30. The van der Waals surface area contributed by atoms with E-state index in [4.69, 9.17) is 20.4 Å². The lowest BCUT2D eigenvalue weighted by molar-refractivity contribution is 0.231. The molecule has 1 N–H and O–H groups in total. The van der Waals surface area contributed by atoms with Crippen molar-refractivity contribution >= 4 is 8.56 Å². The van der Waals surface area contributed by atoms with Crippen molar-refractivity contribution in [2.45, 2.75) is 58.2 Å². The highest BCUT2D eigenvalue weighted by Crippen LogP contribution is 2.24. The Morgan fingerprint density at radius 3 is 2.32 bits per heavy atom. The van der Waals surface area contributed by atoms with Gasteiger partial charge in [0.25, 0.3) is 0 Å². The maximum Gasteiger partial charge on any atom is 0.398 e. The summed E-state index contributed by atoms with van der Waals surface area (Å²) >= 11 is 0. The van der Waals surface area contributed by atoms with E-state index < -0.39 is 8.56 Å². The number of terminal acetylenes is 1. The van der Waals surface area contributed by atoms with Crippen LogP contribution in [0, 0.1) is 12.3 Å². The van der Waals surface area contributed by atoms with Crippen LogP contribution < -0.4 is 4.43 Å². The van der Waals surface area contributed by atoms with Crippen LogP contribution in [0.15, 0.2) is 24.3 Å². The molecular weight excluding hydrogens is 292 g/mol. The van der Waals surface area contributed by atoms with Crippen LogP contribution in [-0.4, -0.2) is 20.3 Å². The lowest BCUT2D eigenvalue weighted by Crippen LogP contribution is -2.44. The second-order valence-electron chi connectivity index (χ2n) is 5.39. The third kappa shape index (κ3) is 6.23. The number of benzene rings is 1. The number of rotatable bonds is 11. The summed E-state index contributed by atoms with van der Waals surface area (Å²) in [5.74, 6) is 3.50. The Morgan fingerprint density at radius 1 is 1.09 bits per heavy atom. The van der Waals surface area contributed by atoms with Gasteiger partial charge in [0, 0.05) is 13.0 Å². The smallest absolute Gasteiger partial charge is 0.398 e. The molecule has 0 aliphatic rings. The molecule has 1 rings (SSSR count). The zero-order chi connectivity index (χ0) is 16.3. The first-order valence-corrected chi connectivity index (χ1v) is 10.4. The van der Waals surface area contributed by atoms with Gasteiger partial charge in [-0.25, -0.2) is 0 Å². The molecule has 0 saturated carbocycles. The molecule has 0 fully saturated rings. The molecule has 0 aliphatic heterocycles. The molecule has 0 spiro atoms. The lowest BCUT2D eigenvalue weighted by atomic mass is 10.2. The van der Waals surface area contributed by atoms with Crippen LogP contribution in [0.2, 0.25) is 12.1 Å². The minimum absolute atomic E-state index is 0.0541. The fourth-order valence-corrected chi connectivity index (χ4v) is 4.61. The van der Waals surface area contributed by atoms with Crippen molar-refractivity contribution in [2.75, 3.05) is 6.61 Å². The Labute approximate surface area is 135 Å². The molecule has 0 aliphatic carbocycles. The van der Waals surface area contributed by atoms with Gasteiger partial charge in [-0.05, 0) is 42.6 Å². The van der Waals surface area contributed by atoms with E-state index in [0.29, 0.717) is 0 Å². The van der Waals surface area contributed by atoms with Crippen LogP contribution in [0.3, 0.4) is 0 Å². The Balaban J connectivity index is 2.52. The first kappa shape index (κ1) is 18.8. The van der Waals surface area contributed by atoms with Gasteiger partial charge in [0.15, 0.2) is 0 Å². The van der Waals surface area contributed by atoms with Crippen molar-refractivity contribution in [2.24, 2.45) is 0 Å². The highest BCUT2D eigenvalue weighted by molar-refractivity contribution is 6.68. The summed E-state index contributed by atoms with van der Waals surface area (Å²) in [5.41, 5.74) is 0.891. The Morgan fingerprint density at radius 2 is 1.77 bits per heavy atom. The van der Waals surface area contributed by atoms with Gasteiger partial charge in [0.1, 0.15) is 5.75 Å². The zero-order valence-corrected chi connectivity index (χ0v) is 14.8. The molecule has 0 saturated heterocycles. The number of hydrogen-bond donors (Lipinski definition) is 1. The minimum Gasteiger partial charge on any atom is -0.520 e. The molecule has 122 valence electrons. The van der Waals surface area contributed by atoms with Gasteiger partial charge < -0.3 is 14.0 Å². The molecule has 0 unspecified atom stereocenters. The molecule has 0 radical (unpaired) electrons. The Bertz CT molecular complexity index is 446. The van der Waals surface area contributed by atoms with Crippen molar-refractivity contribution in [1.82, 2.24) is 0 Å². The van der Waals surface area contributed by atoms with Crippen molar-refractivity contribution in [3.63, 3.8) is 0 Å². The molecule has 0 atom stereocenters. The molecule has 0 aromatic heterocycles. The number of unbranched alkanes of at least 4 members (excludes halogenated alkanes) is 3. The highest BCUT2D eigenvalue weighted by Gasteiger charge is 2.35. The van der Waals surface area contributed by atoms with E-state index in [1.807, 2.05) is 24.3 Å². The molecule has 0 heterocycles. The van der Waals surface area contributed by atoms with Crippen LogP contribution in [0.1, 0.15) is 45.1 Å². The predicted molar refractivity (Wildman–Crippen MR) is 93.0 cm³/mol. The van der Waals surface area contributed by atoms with Gasteiger partial charge in [-0.15, -0.1) is 12.3 Å². The van der Waals surface area contributed by atoms with E-state index in [1.54, 1.807) is 0 Å². The number of aliphatic hydroxyl groups excluding tert-OH is 1. The van der Waals surface area contributed by atoms with Crippen molar-refractivity contribution in [3.8, 4) is 18.1 Å². The standard InChI is InChI=1S/C18H28O3Si/c1-4-7-8-9-10-15-20-22(5-2,6-3)21-18-13-11-17(16-19)12-14-18/h1,11-14,19H,5-10,15-16H2,2-3H3. The summed E-state index contributed by atoms with van der Waals surface area (Å²) in [5, 5.41) is 9.09. The molecule has 3 nitrogen and oxygen atoms in total. The topological polar surface area (TPSA) is 38.7 Å². The Hall–Kier alpha value is -1.28. The lowest BCUT2D eigenvalue weighted by Gasteiger charge is -2.29. The molecule has 4 heteroatoms. The van der Waals surface area contributed by atoms with Gasteiger partial charge in [-0.2, -0.15) is 0 Å². The molecule has 1 aromatic carbocycles. The van der Waals surface area contributed by atoms with Crippen LogP contribution in [0.25, 0.3) is 0 Å². The molecular formula is C18H28O3Si. The second-order valence-corrected chi connectivity index (χ2v) is 9.11. The van der Waals surface area contributed by atoms with E-state index in [2.05, 4.69) is 19.8 Å². The molecule has 22 heavy (non-hydrogen) atoms. The maximum atomic E-state index is 9.09.